The van der Waals surface area contributed by atoms with Gasteiger partial charge in [0.05, 0.1) is 18.8 Å². The lowest BCUT2D eigenvalue weighted by atomic mass is 10.00. The van der Waals surface area contributed by atoms with Crippen LogP contribution in [0.25, 0.3) is 0 Å². The van der Waals surface area contributed by atoms with Gasteiger partial charge in [0.25, 0.3) is 5.91 Å². The number of hydrogen-bond acceptors (Lipinski definition) is 3. The Morgan fingerprint density at radius 3 is 2.38 bits per heavy atom. The molecule has 0 unspecified atom stereocenters. The third-order valence-corrected chi connectivity index (χ3v) is 3.66. The minimum atomic E-state index is -0.402. The molecule has 0 aliphatic heterocycles. The van der Waals surface area contributed by atoms with Gasteiger partial charge in [0.2, 0.25) is 5.91 Å². The van der Waals surface area contributed by atoms with Crippen LogP contribution in [0.4, 0.5) is 0 Å². The summed E-state index contributed by atoms with van der Waals surface area (Å²) >= 11 is 0. The molecule has 1 aromatic heterocycles. The van der Waals surface area contributed by atoms with Crippen molar-refractivity contribution in [2.24, 2.45) is 5.92 Å². The zero-order chi connectivity index (χ0) is 17.5. The predicted molar refractivity (Wildman–Crippen MR) is 92.6 cm³/mol. The largest absolute Gasteiger partial charge is 0.459 e. The van der Waals surface area contributed by atoms with E-state index >= 15 is 0 Å². The van der Waals surface area contributed by atoms with E-state index in [1.54, 1.807) is 12.1 Å². The first-order valence-electron chi connectivity index (χ1n) is 8.15. The van der Waals surface area contributed by atoms with Crippen LogP contribution < -0.4 is 10.6 Å². The van der Waals surface area contributed by atoms with Gasteiger partial charge in [-0.3, -0.25) is 9.59 Å². The summed E-state index contributed by atoms with van der Waals surface area (Å²) in [5.41, 5.74) is 2.33. The molecule has 0 aliphatic rings. The third kappa shape index (κ3) is 5.26. The molecule has 0 fully saturated rings. The van der Waals surface area contributed by atoms with Gasteiger partial charge in [0.1, 0.15) is 0 Å². The van der Waals surface area contributed by atoms with Crippen molar-refractivity contribution in [1.29, 1.82) is 0 Å². The number of benzene rings is 1. The molecular formula is C19H24N2O3. The van der Waals surface area contributed by atoms with E-state index in [4.69, 9.17) is 4.42 Å². The molecule has 2 amide bonds. The topological polar surface area (TPSA) is 71.3 Å². The first-order chi connectivity index (χ1) is 11.5. The first-order valence-corrected chi connectivity index (χ1v) is 8.15. The minimum Gasteiger partial charge on any atom is -0.459 e. The normalized spacial score (nSPS) is 12.0. The fourth-order valence-corrected chi connectivity index (χ4v) is 2.45. The van der Waals surface area contributed by atoms with Gasteiger partial charge in [0.15, 0.2) is 5.76 Å². The van der Waals surface area contributed by atoms with Crippen LogP contribution in [0.2, 0.25) is 0 Å². The highest BCUT2D eigenvalue weighted by molar-refractivity contribution is 5.94. The van der Waals surface area contributed by atoms with Crippen molar-refractivity contribution >= 4 is 11.8 Å². The van der Waals surface area contributed by atoms with E-state index in [9.17, 15) is 9.59 Å². The van der Waals surface area contributed by atoms with Gasteiger partial charge >= 0.3 is 0 Å². The van der Waals surface area contributed by atoms with Crippen LogP contribution in [0, 0.1) is 5.92 Å². The molecule has 5 nitrogen and oxygen atoms in total. The van der Waals surface area contributed by atoms with Crippen molar-refractivity contribution in [2.45, 2.75) is 33.2 Å². The first kappa shape index (κ1) is 17.8. The van der Waals surface area contributed by atoms with Crippen LogP contribution in [-0.2, 0) is 11.2 Å². The molecule has 0 bridgehead atoms. The van der Waals surface area contributed by atoms with Crippen molar-refractivity contribution in [3.8, 4) is 0 Å². The predicted octanol–water partition coefficient (Wildman–Crippen LogP) is 3.09. The molecule has 0 saturated heterocycles. The van der Waals surface area contributed by atoms with Gasteiger partial charge in [-0.2, -0.15) is 0 Å². The van der Waals surface area contributed by atoms with Crippen LogP contribution in [0.1, 0.15) is 48.5 Å². The van der Waals surface area contributed by atoms with Crippen molar-refractivity contribution in [2.75, 3.05) is 6.54 Å². The molecule has 5 heteroatoms. The lowest BCUT2D eigenvalue weighted by molar-refractivity contribution is -0.120. The molecule has 0 spiro atoms. The Morgan fingerprint density at radius 2 is 1.79 bits per heavy atom. The number of rotatable bonds is 7. The number of furan rings is 1. The van der Waals surface area contributed by atoms with Gasteiger partial charge < -0.3 is 15.1 Å². The lowest BCUT2D eigenvalue weighted by Gasteiger charge is -2.15. The van der Waals surface area contributed by atoms with Gasteiger partial charge in [0, 0.05) is 0 Å². The maximum absolute atomic E-state index is 12.0. The zero-order valence-corrected chi connectivity index (χ0v) is 14.3. The number of amides is 2. The van der Waals surface area contributed by atoms with E-state index in [0.717, 1.165) is 12.0 Å². The van der Waals surface area contributed by atoms with Crippen LogP contribution in [0.3, 0.4) is 0 Å². The van der Waals surface area contributed by atoms with E-state index < -0.39 is 5.91 Å². The fourth-order valence-electron chi connectivity index (χ4n) is 2.45. The van der Waals surface area contributed by atoms with Crippen LogP contribution in [-0.4, -0.2) is 18.4 Å². The Morgan fingerprint density at radius 1 is 1.08 bits per heavy atom. The molecule has 0 radical (unpaired) electrons. The second kappa shape index (κ2) is 8.34. The van der Waals surface area contributed by atoms with Gasteiger partial charge in [-0.1, -0.05) is 38.1 Å². The van der Waals surface area contributed by atoms with Crippen molar-refractivity contribution in [1.82, 2.24) is 10.6 Å². The standard InChI is InChI=1S/C19H24N2O3/c1-13(2)11-15-6-8-16(9-7-15)14(3)21-18(22)12-20-19(23)17-5-4-10-24-17/h4-10,13-14H,11-12H2,1-3H3,(H,20,23)(H,21,22)/t14-/m1/s1. The summed E-state index contributed by atoms with van der Waals surface area (Å²) < 4.78 is 4.97. The Kier molecular flexibility index (Phi) is 6.18. The Bertz CT molecular complexity index is 660. The fraction of sp³-hybridized carbons (Fsp3) is 0.368. The van der Waals surface area contributed by atoms with Crippen LogP contribution in [0.15, 0.2) is 47.1 Å². The average molecular weight is 328 g/mol. The molecule has 1 aromatic carbocycles. The summed E-state index contributed by atoms with van der Waals surface area (Å²) in [5, 5.41) is 5.40. The summed E-state index contributed by atoms with van der Waals surface area (Å²) in [6.07, 6.45) is 2.46. The molecule has 0 aliphatic carbocycles. The highest BCUT2D eigenvalue weighted by Crippen LogP contribution is 2.15. The molecule has 24 heavy (non-hydrogen) atoms. The Balaban J connectivity index is 1.81. The quantitative estimate of drug-likeness (QED) is 0.820. The monoisotopic (exact) mass is 328 g/mol. The molecule has 128 valence electrons. The second-order valence-electron chi connectivity index (χ2n) is 6.29. The van der Waals surface area contributed by atoms with Gasteiger partial charge in [-0.15, -0.1) is 0 Å². The summed E-state index contributed by atoms with van der Waals surface area (Å²) in [7, 11) is 0. The second-order valence-corrected chi connectivity index (χ2v) is 6.29. The Hall–Kier alpha value is -2.56. The van der Waals surface area contributed by atoms with Crippen molar-refractivity contribution < 1.29 is 14.0 Å². The number of carbonyl (C=O) groups excluding carboxylic acids is 2. The van der Waals surface area contributed by atoms with E-state index in [0.29, 0.717) is 5.92 Å². The van der Waals surface area contributed by atoms with Gasteiger partial charge in [-0.25, -0.2) is 0 Å². The number of carbonyl (C=O) groups is 2. The summed E-state index contributed by atoms with van der Waals surface area (Å²) in [6.45, 7) is 6.21. The maximum atomic E-state index is 12.0. The molecular weight excluding hydrogens is 304 g/mol. The molecule has 1 heterocycles. The number of nitrogens with one attached hydrogen (secondary N) is 2. The highest BCUT2D eigenvalue weighted by Gasteiger charge is 2.13. The smallest absolute Gasteiger partial charge is 0.287 e. The van der Waals surface area contributed by atoms with E-state index in [1.807, 2.05) is 19.1 Å². The van der Waals surface area contributed by atoms with E-state index in [2.05, 4.69) is 36.6 Å². The van der Waals surface area contributed by atoms with E-state index in [-0.39, 0.29) is 24.3 Å². The lowest BCUT2D eigenvalue weighted by Crippen LogP contribution is -2.37. The molecule has 0 saturated carbocycles. The minimum absolute atomic E-state index is 0.0880. The van der Waals surface area contributed by atoms with Crippen LogP contribution in [0.5, 0.6) is 0 Å². The third-order valence-electron chi connectivity index (χ3n) is 3.66. The molecule has 2 N–H and O–H groups in total. The molecule has 1 atom stereocenters. The highest BCUT2D eigenvalue weighted by atomic mass is 16.3. The molecule has 2 rings (SSSR count). The van der Waals surface area contributed by atoms with Gasteiger partial charge in [-0.05, 0) is 42.5 Å². The molecule has 2 aromatic rings. The van der Waals surface area contributed by atoms with Crippen LogP contribution >= 0.6 is 0 Å². The summed E-state index contributed by atoms with van der Waals surface area (Å²) in [6, 6.07) is 11.3. The number of hydrogen-bond donors (Lipinski definition) is 2. The van der Waals surface area contributed by atoms with Crippen molar-refractivity contribution in [3.05, 3.63) is 59.5 Å². The summed E-state index contributed by atoms with van der Waals surface area (Å²) in [4.78, 5) is 23.7. The van der Waals surface area contributed by atoms with Crippen molar-refractivity contribution in [3.63, 3.8) is 0 Å². The average Bonchev–Trinajstić information content (AvgIpc) is 3.07. The van der Waals surface area contributed by atoms with E-state index in [1.165, 1.54) is 11.8 Å². The Labute approximate surface area is 142 Å². The SMILES string of the molecule is CC(C)Cc1ccc([C@@H](C)NC(=O)CNC(=O)c2ccco2)cc1. The maximum Gasteiger partial charge on any atom is 0.287 e. The summed E-state index contributed by atoms with van der Waals surface area (Å²) in [5.74, 6) is 0.164. The zero-order valence-electron chi connectivity index (χ0n) is 14.3.